The van der Waals surface area contributed by atoms with Crippen molar-refractivity contribution in [2.45, 2.75) is 27.2 Å². The molecule has 2 nitrogen and oxygen atoms in total. The zero-order valence-corrected chi connectivity index (χ0v) is 11.9. The number of methoxy groups -OCH3 is 1. The molecular formula is C14H22ClNO. The molecule has 0 aromatic heterocycles. The topological polar surface area (TPSA) is 21.3 Å². The number of rotatable bonds is 6. The van der Waals surface area contributed by atoms with Crippen molar-refractivity contribution < 1.29 is 4.74 Å². The van der Waals surface area contributed by atoms with Crippen LogP contribution in [0, 0.1) is 5.41 Å². The van der Waals surface area contributed by atoms with Crippen molar-refractivity contribution in [2.75, 3.05) is 20.2 Å². The van der Waals surface area contributed by atoms with Gasteiger partial charge in [-0.05, 0) is 42.1 Å². The summed E-state index contributed by atoms with van der Waals surface area (Å²) in [5.41, 5.74) is 1.36. The lowest BCUT2D eigenvalue weighted by Gasteiger charge is -2.26. The summed E-state index contributed by atoms with van der Waals surface area (Å²) in [6.45, 7) is 8.59. The van der Waals surface area contributed by atoms with Crippen LogP contribution < -0.4 is 10.1 Å². The van der Waals surface area contributed by atoms with Gasteiger partial charge in [0.25, 0.3) is 0 Å². The summed E-state index contributed by atoms with van der Waals surface area (Å²) in [4.78, 5) is 0. The lowest BCUT2D eigenvalue weighted by Crippen LogP contribution is -2.31. The van der Waals surface area contributed by atoms with Crippen LogP contribution >= 0.6 is 11.6 Å². The van der Waals surface area contributed by atoms with Gasteiger partial charge in [0, 0.05) is 11.6 Å². The Morgan fingerprint density at radius 2 is 2.06 bits per heavy atom. The summed E-state index contributed by atoms with van der Waals surface area (Å²) in [6, 6.07) is 5.79. The summed E-state index contributed by atoms with van der Waals surface area (Å²) in [5, 5.41) is 4.15. The third-order valence-electron chi connectivity index (χ3n) is 2.77. The first-order valence-electron chi connectivity index (χ1n) is 6.01. The molecule has 96 valence electrons. The highest BCUT2D eigenvalue weighted by molar-refractivity contribution is 6.30. The molecule has 0 heterocycles. The molecule has 0 unspecified atom stereocenters. The Labute approximate surface area is 109 Å². The first-order chi connectivity index (χ1) is 7.98. The predicted molar refractivity (Wildman–Crippen MR) is 74.0 cm³/mol. The van der Waals surface area contributed by atoms with E-state index >= 15 is 0 Å². The Morgan fingerprint density at radius 1 is 1.35 bits per heavy atom. The molecule has 0 fully saturated rings. The fraction of sp³-hybridized carbons (Fsp3) is 0.571. The van der Waals surface area contributed by atoms with Crippen LogP contribution in [-0.4, -0.2) is 20.2 Å². The SMILES string of the molecule is CCNCC(C)(C)Cc1cc(Cl)ccc1OC. The van der Waals surface area contributed by atoms with Crippen LogP contribution in [0.1, 0.15) is 26.3 Å². The molecule has 0 bridgehead atoms. The van der Waals surface area contributed by atoms with Crippen molar-refractivity contribution in [3.8, 4) is 5.75 Å². The monoisotopic (exact) mass is 255 g/mol. The van der Waals surface area contributed by atoms with Gasteiger partial charge in [-0.2, -0.15) is 0 Å². The number of ether oxygens (including phenoxy) is 1. The van der Waals surface area contributed by atoms with Crippen molar-refractivity contribution in [3.05, 3.63) is 28.8 Å². The first-order valence-corrected chi connectivity index (χ1v) is 6.39. The molecule has 0 saturated heterocycles. The highest BCUT2D eigenvalue weighted by Crippen LogP contribution is 2.29. The maximum absolute atomic E-state index is 6.04. The van der Waals surface area contributed by atoms with E-state index < -0.39 is 0 Å². The van der Waals surface area contributed by atoms with Crippen molar-refractivity contribution in [3.63, 3.8) is 0 Å². The molecule has 3 heteroatoms. The summed E-state index contributed by atoms with van der Waals surface area (Å²) in [5.74, 6) is 0.916. The molecule has 17 heavy (non-hydrogen) atoms. The second-order valence-electron chi connectivity index (χ2n) is 5.08. The standard InChI is InChI=1S/C14H22ClNO/c1-5-16-10-14(2,3)9-11-8-12(15)6-7-13(11)17-4/h6-8,16H,5,9-10H2,1-4H3. The number of hydrogen-bond donors (Lipinski definition) is 1. The molecule has 0 aliphatic carbocycles. The molecular weight excluding hydrogens is 234 g/mol. The van der Waals surface area contributed by atoms with E-state index in [1.54, 1.807) is 7.11 Å². The number of benzene rings is 1. The van der Waals surface area contributed by atoms with E-state index in [2.05, 4.69) is 26.1 Å². The van der Waals surface area contributed by atoms with E-state index in [1.807, 2.05) is 18.2 Å². The number of hydrogen-bond acceptors (Lipinski definition) is 2. The zero-order chi connectivity index (χ0) is 12.9. The highest BCUT2D eigenvalue weighted by Gasteiger charge is 2.20. The van der Waals surface area contributed by atoms with E-state index in [9.17, 15) is 0 Å². The van der Waals surface area contributed by atoms with Gasteiger partial charge in [-0.1, -0.05) is 32.4 Å². The van der Waals surface area contributed by atoms with Gasteiger partial charge in [0.1, 0.15) is 5.75 Å². The summed E-state index contributed by atoms with van der Waals surface area (Å²) in [6.07, 6.45) is 0.948. The maximum atomic E-state index is 6.04. The van der Waals surface area contributed by atoms with E-state index in [0.29, 0.717) is 0 Å². The average Bonchev–Trinajstić information content (AvgIpc) is 2.26. The lowest BCUT2D eigenvalue weighted by atomic mass is 9.85. The first kappa shape index (κ1) is 14.3. The van der Waals surface area contributed by atoms with Crippen LogP contribution in [0.25, 0.3) is 0 Å². The Morgan fingerprint density at radius 3 is 2.65 bits per heavy atom. The van der Waals surface area contributed by atoms with Crippen LogP contribution in [-0.2, 0) is 6.42 Å². The van der Waals surface area contributed by atoms with Crippen LogP contribution in [0.15, 0.2) is 18.2 Å². The fourth-order valence-electron chi connectivity index (χ4n) is 1.93. The van der Waals surface area contributed by atoms with Gasteiger partial charge >= 0.3 is 0 Å². The van der Waals surface area contributed by atoms with Crippen LogP contribution in [0.4, 0.5) is 0 Å². The quantitative estimate of drug-likeness (QED) is 0.840. The summed E-state index contributed by atoms with van der Waals surface area (Å²) >= 11 is 6.04. The molecule has 0 radical (unpaired) electrons. The largest absolute Gasteiger partial charge is 0.496 e. The fourth-order valence-corrected chi connectivity index (χ4v) is 2.12. The second kappa shape index (κ2) is 6.27. The number of halogens is 1. The summed E-state index contributed by atoms with van der Waals surface area (Å²) < 4.78 is 5.37. The zero-order valence-electron chi connectivity index (χ0n) is 11.1. The van der Waals surface area contributed by atoms with E-state index in [-0.39, 0.29) is 5.41 Å². The molecule has 1 aromatic carbocycles. The minimum atomic E-state index is 0.188. The van der Waals surface area contributed by atoms with Crippen molar-refractivity contribution in [1.82, 2.24) is 5.32 Å². The minimum Gasteiger partial charge on any atom is -0.496 e. The lowest BCUT2D eigenvalue weighted by molar-refractivity contribution is 0.332. The van der Waals surface area contributed by atoms with Crippen LogP contribution in [0.2, 0.25) is 5.02 Å². The van der Waals surface area contributed by atoms with E-state index in [4.69, 9.17) is 16.3 Å². The normalized spacial score (nSPS) is 11.6. The van der Waals surface area contributed by atoms with Crippen molar-refractivity contribution >= 4 is 11.6 Å². The van der Waals surface area contributed by atoms with Gasteiger partial charge in [0.05, 0.1) is 7.11 Å². The molecule has 1 rings (SSSR count). The predicted octanol–water partition coefficient (Wildman–Crippen LogP) is 3.53. The van der Waals surface area contributed by atoms with Gasteiger partial charge in [0.2, 0.25) is 0 Å². The third kappa shape index (κ3) is 4.57. The smallest absolute Gasteiger partial charge is 0.122 e. The molecule has 0 aliphatic heterocycles. The number of nitrogens with one attached hydrogen (secondary N) is 1. The van der Waals surface area contributed by atoms with Gasteiger partial charge in [-0.15, -0.1) is 0 Å². The molecule has 0 aliphatic rings. The van der Waals surface area contributed by atoms with Crippen LogP contribution in [0.5, 0.6) is 5.75 Å². The van der Waals surface area contributed by atoms with Gasteiger partial charge in [-0.25, -0.2) is 0 Å². The molecule has 0 atom stereocenters. The molecule has 0 spiro atoms. The average molecular weight is 256 g/mol. The Hall–Kier alpha value is -0.730. The molecule has 0 saturated carbocycles. The molecule has 0 amide bonds. The maximum Gasteiger partial charge on any atom is 0.122 e. The molecule has 1 aromatic rings. The van der Waals surface area contributed by atoms with Crippen LogP contribution in [0.3, 0.4) is 0 Å². The van der Waals surface area contributed by atoms with Crippen molar-refractivity contribution in [2.24, 2.45) is 5.41 Å². The Kier molecular flexibility index (Phi) is 5.29. The summed E-state index contributed by atoms with van der Waals surface area (Å²) in [7, 11) is 1.70. The minimum absolute atomic E-state index is 0.188. The van der Waals surface area contributed by atoms with Gasteiger partial charge in [0.15, 0.2) is 0 Å². The van der Waals surface area contributed by atoms with Crippen molar-refractivity contribution in [1.29, 1.82) is 0 Å². The van der Waals surface area contributed by atoms with Gasteiger partial charge < -0.3 is 10.1 Å². The molecule has 1 N–H and O–H groups in total. The second-order valence-corrected chi connectivity index (χ2v) is 5.51. The Bertz CT molecular complexity index is 363. The van der Waals surface area contributed by atoms with E-state index in [0.717, 1.165) is 30.3 Å². The van der Waals surface area contributed by atoms with E-state index in [1.165, 1.54) is 5.56 Å². The third-order valence-corrected chi connectivity index (χ3v) is 3.00. The van der Waals surface area contributed by atoms with Gasteiger partial charge in [-0.3, -0.25) is 0 Å². The highest BCUT2D eigenvalue weighted by atomic mass is 35.5. The Balaban J connectivity index is 2.82.